The van der Waals surface area contributed by atoms with E-state index < -0.39 is 11.6 Å². The molecular formula is C13H19ClF2N2O2. The van der Waals surface area contributed by atoms with Crippen molar-refractivity contribution in [3.63, 3.8) is 0 Å². The van der Waals surface area contributed by atoms with Crippen LogP contribution in [0.1, 0.15) is 12.0 Å². The van der Waals surface area contributed by atoms with Crippen LogP contribution in [-0.4, -0.2) is 32.2 Å². The lowest BCUT2D eigenvalue weighted by atomic mass is 10.1. The molecule has 3 N–H and O–H groups in total. The van der Waals surface area contributed by atoms with Crippen LogP contribution >= 0.6 is 12.4 Å². The van der Waals surface area contributed by atoms with Crippen molar-refractivity contribution in [2.45, 2.75) is 18.9 Å². The van der Waals surface area contributed by atoms with Gasteiger partial charge in [0.05, 0.1) is 12.5 Å². The third-order valence-electron chi connectivity index (χ3n) is 2.67. The van der Waals surface area contributed by atoms with Gasteiger partial charge in [0.2, 0.25) is 5.91 Å². The highest BCUT2D eigenvalue weighted by atomic mass is 35.5. The van der Waals surface area contributed by atoms with Crippen molar-refractivity contribution in [1.29, 1.82) is 0 Å². The molecule has 0 aliphatic heterocycles. The quantitative estimate of drug-likeness (QED) is 0.800. The van der Waals surface area contributed by atoms with Crippen molar-refractivity contribution in [2.75, 3.05) is 20.2 Å². The highest BCUT2D eigenvalue weighted by Gasteiger charge is 2.10. The molecule has 4 nitrogen and oxygen atoms in total. The molecule has 1 aromatic carbocycles. The summed E-state index contributed by atoms with van der Waals surface area (Å²) < 4.78 is 30.8. The van der Waals surface area contributed by atoms with Gasteiger partial charge in [-0.25, -0.2) is 8.78 Å². The third-order valence-corrected chi connectivity index (χ3v) is 2.67. The maximum atomic E-state index is 12.9. The minimum atomic E-state index is -0.621. The molecule has 7 heteroatoms. The van der Waals surface area contributed by atoms with Crippen LogP contribution in [0.3, 0.4) is 0 Å². The summed E-state index contributed by atoms with van der Waals surface area (Å²) in [5, 5.41) is 2.65. The Labute approximate surface area is 123 Å². The van der Waals surface area contributed by atoms with Crippen LogP contribution in [0.2, 0.25) is 0 Å². The SMILES string of the molecule is COC(CN)CC(=O)NCCc1cc(F)cc(F)c1.Cl. The first kappa shape index (κ1) is 18.8. The van der Waals surface area contributed by atoms with Gasteiger partial charge in [-0.3, -0.25) is 4.79 Å². The number of halogens is 3. The lowest BCUT2D eigenvalue weighted by Crippen LogP contribution is -2.33. The molecule has 0 aromatic heterocycles. The Hall–Kier alpha value is -1.24. The third kappa shape index (κ3) is 6.79. The first-order valence-corrected chi connectivity index (χ1v) is 5.99. The summed E-state index contributed by atoms with van der Waals surface area (Å²) in [6.07, 6.45) is 0.220. The van der Waals surface area contributed by atoms with E-state index in [4.69, 9.17) is 10.5 Å². The molecule has 0 aliphatic carbocycles. The largest absolute Gasteiger partial charge is 0.380 e. The molecule has 1 aromatic rings. The van der Waals surface area contributed by atoms with E-state index in [9.17, 15) is 13.6 Å². The topological polar surface area (TPSA) is 64.3 Å². The summed E-state index contributed by atoms with van der Waals surface area (Å²) in [5.41, 5.74) is 5.90. The van der Waals surface area contributed by atoms with Crippen LogP contribution in [0.25, 0.3) is 0 Å². The summed E-state index contributed by atoms with van der Waals surface area (Å²) in [6, 6.07) is 3.30. The molecule has 0 saturated heterocycles. The molecule has 114 valence electrons. The Morgan fingerprint density at radius 2 is 1.95 bits per heavy atom. The number of rotatable bonds is 7. The number of methoxy groups -OCH3 is 1. The fourth-order valence-electron chi connectivity index (χ4n) is 1.64. The van der Waals surface area contributed by atoms with Gasteiger partial charge in [-0.05, 0) is 24.1 Å². The minimum Gasteiger partial charge on any atom is -0.380 e. The van der Waals surface area contributed by atoms with E-state index in [1.54, 1.807) is 0 Å². The molecule has 0 radical (unpaired) electrons. The molecule has 20 heavy (non-hydrogen) atoms. The predicted octanol–water partition coefficient (Wildman–Crippen LogP) is 1.41. The van der Waals surface area contributed by atoms with Gasteiger partial charge in [0, 0.05) is 26.3 Å². The second-order valence-corrected chi connectivity index (χ2v) is 4.18. The van der Waals surface area contributed by atoms with Gasteiger partial charge in [0.15, 0.2) is 0 Å². The number of carbonyl (C=O) groups is 1. The molecule has 0 fully saturated rings. The number of ether oxygens (including phenoxy) is 1. The minimum absolute atomic E-state index is 0. The second kappa shape index (κ2) is 9.63. The predicted molar refractivity (Wildman–Crippen MR) is 74.8 cm³/mol. The molecule has 0 bridgehead atoms. The molecule has 1 amide bonds. The molecule has 1 unspecified atom stereocenters. The first-order chi connectivity index (χ1) is 9.05. The summed E-state index contributed by atoms with van der Waals surface area (Å²) in [5.74, 6) is -1.44. The normalized spacial score (nSPS) is 11.6. The summed E-state index contributed by atoms with van der Waals surface area (Å²) in [4.78, 5) is 11.5. The fraction of sp³-hybridized carbons (Fsp3) is 0.462. The summed E-state index contributed by atoms with van der Waals surface area (Å²) in [7, 11) is 1.49. The van der Waals surface area contributed by atoms with Crippen LogP contribution in [0.15, 0.2) is 18.2 Å². The van der Waals surface area contributed by atoms with E-state index in [0.29, 0.717) is 18.5 Å². The van der Waals surface area contributed by atoms with Crippen molar-refractivity contribution in [2.24, 2.45) is 5.73 Å². The average molecular weight is 309 g/mol. The second-order valence-electron chi connectivity index (χ2n) is 4.18. The van der Waals surface area contributed by atoms with Gasteiger partial charge in [0.1, 0.15) is 11.6 Å². The maximum Gasteiger partial charge on any atom is 0.222 e. The Morgan fingerprint density at radius 3 is 2.45 bits per heavy atom. The smallest absolute Gasteiger partial charge is 0.222 e. The van der Waals surface area contributed by atoms with Crippen molar-refractivity contribution < 1.29 is 18.3 Å². The maximum absolute atomic E-state index is 12.9. The number of nitrogens with two attached hydrogens (primary N) is 1. The number of nitrogens with one attached hydrogen (secondary N) is 1. The van der Waals surface area contributed by atoms with Crippen molar-refractivity contribution >= 4 is 18.3 Å². The van der Waals surface area contributed by atoms with Gasteiger partial charge in [-0.2, -0.15) is 0 Å². The summed E-state index contributed by atoms with van der Waals surface area (Å²) in [6.45, 7) is 0.571. The standard InChI is InChI=1S/C13H18F2N2O2.ClH/c1-19-12(8-16)7-13(18)17-3-2-9-4-10(14)6-11(15)5-9;/h4-6,12H,2-3,7-8,16H2,1H3,(H,17,18);1H. The van der Waals surface area contributed by atoms with Crippen molar-refractivity contribution in [1.82, 2.24) is 5.32 Å². The van der Waals surface area contributed by atoms with Crippen molar-refractivity contribution in [3.8, 4) is 0 Å². The van der Waals surface area contributed by atoms with E-state index in [1.807, 2.05) is 0 Å². The summed E-state index contributed by atoms with van der Waals surface area (Å²) >= 11 is 0. The number of hydrogen-bond acceptors (Lipinski definition) is 3. The lowest BCUT2D eigenvalue weighted by molar-refractivity contribution is -0.123. The highest BCUT2D eigenvalue weighted by molar-refractivity contribution is 5.85. The Balaban J connectivity index is 0.00000361. The average Bonchev–Trinajstić information content (AvgIpc) is 2.34. The Morgan fingerprint density at radius 1 is 1.35 bits per heavy atom. The zero-order chi connectivity index (χ0) is 14.3. The van der Waals surface area contributed by atoms with Crippen LogP contribution in [-0.2, 0) is 16.0 Å². The van der Waals surface area contributed by atoms with Gasteiger partial charge in [-0.1, -0.05) is 0 Å². The van der Waals surface area contributed by atoms with Crippen LogP contribution in [0.4, 0.5) is 8.78 Å². The van der Waals surface area contributed by atoms with Gasteiger partial charge >= 0.3 is 0 Å². The molecule has 0 spiro atoms. The van der Waals surface area contributed by atoms with Crippen LogP contribution in [0.5, 0.6) is 0 Å². The lowest BCUT2D eigenvalue weighted by Gasteiger charge is -2.12. The monoisotopic (exact) mass is 308 g/mol. The van der Waals surface area contributed by atoms with E-state index in [2.05, 4.69) is 5.32 Å². The molecular weight excluding hydrogens is 290 g/mol. The van der Waals surface area contributed by atoms with Gasteiger partial charge in [-0.15, -0.1) is 12.4 Å². The van der Waals surface area contributed by atoms with Gasteiger partial charge in [0.25, 0.3) is 0 Å². The molecule has 1 rings (SSSR count). The number of hydrogen-bond donors (Lipinski definition) is 2. The fourth-order valence-corrected chi connectivity index (χ4v) is 1.64. The number of carbonyl (C=O) groups excluding carboxylic acids is 1. The van der Waals surface area contributed by atoms with E-state index in [0.717, 1.165) is 6.07 Å². The Bertz CT molecular complexity index is 409. The molecule has 0 heterocycles. The molecule has 1 atom stereocenters. The number of benzene rings is 1. The van der Waals surface area contributed by atoms with Crippen LogP contribution < -0.4 is 11.1 Å². The zero-order valence-corrected chi connectivity index (χ0v) is 12.0. The number of amides is 1. The molecule has 0 saturated carbocycles. The van der Waals surface area contributed by atoms with Crippen molar-refractivity contribution in [3.05, 3.63) is 35.4 Å². The van der Waals surface area contributed by atoms with E-state index in [1.165, 1.54) is 19.2 Å². The first-order valence-electron chi connectivity index (χ1n) is 5.99. The zero-order valence-electron chi connectivity index (χ0n) is 11.2. The molecule has 0 aliphatic rings. The van der Waals surface area contributed by atoms with Gasteiger partial charge < -0.3 is 15.8 Å². The Kier molecular flexibility index (Phi) is 9.03. The van der Waals surface area contributed by atoms with Crippen LogP contribution in [0, 0.1) is 11.6 Å². The van der Waals surface area contributed by atoms with E-state index in [-0.39, 0.29) is 37.4 Å². The van der Waals surface area contributed by atoms with E-state index >= 15 is 0 Å². The highest BCUT2D eigenvalue weighted by Crippen LogP contribution is 2.08.